The lowest BCUT2D eigenvalue weighted by Crippen LogP contribution is -2.38. The minimum Gasteiger partial charge on any atom is -0.487 e. The highest BCUT2D eigenvalue weighted by Gasteiger charge is 2.44. The Bertz CT molecular complexity index is 446. The Labute approximate surface area is 110 Å². The van der Waals surface area contributed by atoms with Gasteiger partial charge in [0.25, 0.3) is 0 Å². The fraction of sp³-hybridized carbons (Fsp3) is 0.571. The molecular weight excluding hydrogens is 280 g/mol. The van der Waals surface area contributed by atoms with E-state index in [9.17, 15) is 5.11 Å². The van der Waals surface area contributed by atoms with Gasteiger partial charge >= 0.3 is 0 Å². The number of ether oxygens (including phenoxy) is 1. The molecule has 2 nitrogen and oxygen atoms in total. The van der Waals surface area contributed by atoms with Crippen molar-refractivity contribution in [2.45, 2.75) is 44.3 Å². The third kappa shape index (κ3) is 2.00. The number of benzene rings is 1. The summed E-state index contributed by atoms with van der Waals surface area (Å²) >= 11 is 3.46. The minimum atomic E-state index is -0.378. The van der Waals surface area contributed by atoms with E-state index in [-0.39, 0.29) is 11.7 Å². The molecule has 1 fully saturated rings. The summed E-state index contributed by atoms with van der Waals surface area (Å²) in [5.41, 5.74) is 0.811. The highest BCUT2D eigenvalue weighted by Crippen LogP contribution is 2.49. The van der Waals surface area contributed by atoms with Crippen molar-refractivity contribution < 1.29 is 9.84 Å². The summed E-state index contributed by atoms with van der Waals surface area (Å²) in [4.78, 5) is 0. The lowest BCUT2D eigenvalue weighted by molar-refractivity contribution is -0.0116. The molecule has 3 rings (SSSR count). The molecular formula is C14H17BrO2. The second-order valence-electron chi connectivity index (χ2n) is 5.54. The van der Waals surface area contributed by atoms with Gasteiger partial charge < -0.3 is 9.84 Å². The zero-order valence-electron chi connectivity index (χ0n) is 9.95. The Morgan fingerprint density at radius 3 is 2.94 bits per heavy atom. The van der Waals surface area contributed by atoms with Gasteiger partial charge in [-0.15, -0.1) is 0 Å². The molecule has 1 aliphatic heterocycles. The molecule has 3 atom stereocenters. The van der Waals surface area contributed by atoms with Crippen LogP contribution in [-0.4, -0.2) is 10.7 Å². The minimum absolute atomic E-state index is 0.118. The van der Waals surface area contributed by atoms with Crippen LogP contribution in [0.15, 0.2) is 22.7 Å². The van der Waals surface area contributed by atoms with E-state index in [1.54, 1.807) is 0 Å². The molecule has 1 heterocycles. The van der Waals surface area contributed by atoms with Crippen molar-refractivity contribution >= 4 is 15.9 Å². The van der Waals surface area contributed by atoms with Gasteiger partial charge in [-0.2, -0.15) is 0 Å². The zero-order chi connectivity index (χ0) is 12.0. The van der Waals surface area contributed by atoms with Crippen LogP contribution in [0.3, 0.4) is 0 Å². The SMILES string of the molecule is CC1CCC2(C1)C[C@H](O)c1ccc(Br)cc1O2. The molecule has 1 N–H and O–H groups in total. The van der Waals surface area contributed by atoms with Crippen molar-refractivity contribution in [3.8, 4) is 5.75 Å². The number of fused-ring (bicyclic) bond motifs is 1. The Morgan fingerprint density at radius 1 is 1.41 bits per heavy atom. The Morgan fingerprint density at radius 2 is 2.24 bits per heavy atom. The third-order valence-electron chi connectivity index (χ3n) is 4.04. The molecule has 1 aromatic carbocycles. The summed E-state index contributed by atoms with van der Waals surface area (Å²) in [6, 6.07) is 5.89. The van der Waals surface area contributed by atoms with Gasteiger partial charge in [0.15, 0.2) is 0 Å². The highest BCUT2D eigenvalue weighted by atomic mass is 79.9. The molecule has 1 aromatic rings. The molecule has 0 aromatic heterocycles. The molecule has 2 unspecified atom stereocenters. The van der Waals surface area contributed by atoms with Gasteiger partial charge in [-0.3, -0.25) is 0 Å². The van der Waals surface area contributed by atoms with Crippen LogP contribution in [-0.2, 0) is 0 Å². The Hall–Kier alpha value is -0.540. The predicted molar refractivity (Wildman–Crippen MR) is 70.1 cm³/mol. The van der Waals surface area contributed by atoms with Gasteiger partial charge in [-0.05, 0) is 37.3 Å². The van der Waals surface area contributed by atoms with Crippen LogP contribution in [0, 0.1) is 5.92 Å². The van der Waals surface area contributed by atoms with E-state index in [0.717, 1.165) is 35.0 Å². The fourth-order valence-electron chi connectivity index (χ4n) is 3.24. The average molecular weight is 297 g/mol. The molecule has 17 heavy (non-hydrogen) atoms. The first-order valence-corrected chi connectivity index (χ1v) is 7.04. The van der Waals surface area contributed by atoms with E-state index in [4.69, 9.17) is 4.74 Å². The number of aliphatic hydroxyl groups excluding tert-OH is 1. The van der Waals surface area contributed by atoms with Gasteiger partial charge in [0.1, 0.15) is 11.4 Å². The maximum absolute atomic E-state index is 10.3. The van der Waals surface area contributed by atoms with Crippen molar-refractivity contribution in [3.05, 3.63) is 28.2 Å². The predicted octanol–water partition coefficient (Wildman–Crippen LogP) is 3.82. The first-order chi connectivity index (χ1) is 8.08. The lowest BCUT2D eigenvalue weighted by Gasteiger charge is -2.38. The van der Waals surface area contributed by atoms with Crippen molar-refractivity contribution in [2.75, 3.05) is 0 Å². The first kappa shape index (κ1) is 11.5. The van der Waals surface area contributed by atoms with Gasteiger partial charge in [-0.25, -0.2) is 0 Å². The van der Waals surface area contributed by atoms with E-state index in [1.165, 1.54) is 6.42 Å². The van der Waals surface area contributed by atoms with E-state index in [2.05, 4.69) is 22.9 Å². The maximum atomic E-state index is 10.3. The van der Waals surface area contributed by atoms with Gasteiger partial charge in [0.2, 0.25) is 0 Å². The smallest absolute Gasteiger partial charge is 0.127 e. The van der Waals surface area contributed by atoms with Crippen molar-refractivity contribution in [1.29, 1.82) is 0 Å². The Balaban J connectivity index is 1.97. The molecule has 1 saturated carbocycles. The second kappa shape index (κ2) is 3.99. The normalized spacial score (nSPS) is 35.7. The first-order valence-electron chi connectivity index (χ1n) is 6.24. The van der Waals surface area contributed by atoms with Crippen LogP contribution < -0.4 is 4.74 Å². The van der Waals surface area contributed by atoms with Crippen LogP contribution in [0.2, 0.25) is 0 Å². The van der Waals surface area contributed by atoms with Crippen molar-refractivity contribution in [1.82, 2.24) is 0 Å². The molecule has 0 saturated heterocycles. The number of rotatable bonds is 0. The maximum Gasteiger partial charge on any atom is 0.127 e. The summed E-state index contributed by atoms with van der Waals surface area (Å²) in [6.45, 7) is 2.26. The summed E-state index contributed by atoms with van der Waals surface area (Å²) in [7, 11) is 0. The molecule has 3 heteroatoms. The number of hydrogen-bond donors (Lipinski definition) is 1. The summed E-state index contributed by atoms with van der Waals surface area (Å²) in [5.74, 6) is 1.56. The molecule has 92 valence electrons. The number of aliphatic hydroxyl groups is 1. The molecule has 0 bridgehead atoms. The van der Waals surface area contributed by atoms with Crippen LogP contribution in [0.4, 0.5) is 0 Å². The molecule has 0 radical (unpaired) electrons. The summed E-state index contributed by atoms with van der Waals surface area (Å²) in [5, 5.41) is 10.3. The number of hydrogen-bond acceptors (Lipinski definition) is 2. The van der Waals surface area contributed by atoms with E-state index >= 15 is 0 Å². The van der Waals surface area contributed by atoms with E-state index in [1.807, 2.05) is 18.2 Å². The molecule has 0 amide bonds. The quantitative estimate of drug-likeness (QED) is 0.788. The van der Waals surface area contributed by atoms with Gasteiger partial charge in [0, 0.05) is 16.5 Å². The van der Waals surface area contributed by atoms with E-state index in [0.29, 0.717) is 5.92 Å². The van der Waals surface area contributed by atoms with Crippen LogP contribution >= 0.6 is 15.9 Å². The van der Waals surface area contributed by atoms with Crippen molar-refractivity contribution in [2.24, 2.45) is 5.92 Å². The average Bonchev–Trinajstić information content (AvgIpc) is 2.58. The monoisotopic (exact) mass is 296 g/mol. The number of halogens is 1. The molecule has 2 aliphatic rings. The third-order valence-corrected chi connectivity index (χ3v) is 4.53. The van der Waals surface area contributed by atoms with Gasteiger partial charge in [0.05, 0.1) is 6.10 Å². The zero-order valence-corrected chi connectivity index (χ0v) is 11.5. The summed E-state index contributed by atoms with van der Waals surface area (Å²) in [6.07, 6.45) is 3.70. The molecule has 1 aliphatic carbocycles. The van der Waals surface area contributed by atoms with E-state index < -0.39 is 0 Å². The highest BCUT2D eigenvalue weighted by molar-refractivity contribution is 9.10. The largest absolute Gasteiger partial charge is 0.487 e. The van der Waals surface area contributed by atoms with Gasteiger partial charge in [-0.1, -0.05) is 28.9 Å². The fourth-order valence-corrected chi connectivity index (χ4v) is 3.58. The van der Waals surface area contributed by atoms with Crippen LogP contribution in [0.25, 0.3) is 0 Å². The lowest BCUT2D eigenvalue weighted by atomic mass is 9.87. The Kier molecular flexibility index (Phi) is 2.71. The van der Waals surface area contributed by atoms with Crippen LogP contribution in [0.1, 0.15) is 44.3 Å². The van der Waals surface area contributed by atoms with Crippen LogP contribution in [0.5, 0.6) is 5.75 Å². The van der Waals surface area contributed by atoms with Crippen molar-refractivity contribution in [3.63, 3.8) is 0 Å². The topological polar surface area (TPSA) is 29.5 Å². The second-order valence-corrected chi connectivity index (χ2v) is 6.45. The standard InChI is InChI=1S/C14H17BrO2/c1-9-4-5-14(7-9)8-12(16)11-3-2-10(15)6-13(11)17-14/h2-3,6,9,12,16H,4-5,7-8H2,1H3/t9?,12-,14?/m0/s1. The molecule has 1 spiro atoms. The summed E-state index contributed by atoms with van der Waals surface area (Å²) < 4.78 is 7.22.